The maximum Gasteiger partial charge on any atom is 0.170 e. The number of Topliss-reactive ketones (excluding diaryl/α,β-unsaturated/α-hetero) is 1. The summed E-state index contributed by atoms with van der Waals surface area (Å²) in [6, 6.07) is 15.4. The number of hydrogen-bond donors (Lipinski definition) is 0. The van der Waals surface area contributed by atoms with Crippen LogP contribution in [0.25, 0.3) is 0 Å². The van der Waals surface area contributed by atoms with Gasteiger partial charge in [0.2, 0.25) is 0 Å². The molecule has 0 amide bonds. The number of rotatable bonds is 4. The Labute approximate surface area is 114 Å². The number of ketones is 1. The predicted molar refractivity (Wildman–Crippen MR) is 80.4 cm³/mol. The summed E-state index contributed by atoms with van der Waals surface area (Å²) in [6.07, 6.45) is 0. The molecular formula is C16H17BO2. The van der Waals surface area contributed by atoms with E-state index in [1.54, 1.807) is 7.11 Å². The molecule has 19 heavy (non-hydrogen) atoms. The number of methoxy groups -OCH3 is 1. The Morgan fingerprint density at radius 3 is 2.16 bits per heavy atom. The summed E-state index contributed by atoms with van der Waals surface area (Å²) in [6.45, 7) is 1.94. The van der Waals surface area contributed by atoms with Crippen molar-refractivity contribution in [2.24, 2.45) is 0 Å². The van der Waals surface area contributed by atoms with Gasteiger partial charge in [-0.05, 0) is 29.8 Å². The minimum Gasteiger partial charge on any atom is -0.497 e. The Morgan fingerprint density at radius 1 is 1.05 bits per heavy atom. The lowest BCUT2D eigenvalue weighted by atomic mass is 9.89. The molecule has 0 fully saturated rings. The number of carbonyl (C=O) groups is 1. The van der Waals surface area contributed by atoms with Crippen molar-refractivity contribution in [3.05, 3.63) is 59.7 Å². The molecule has 0 bridgehead atoms. The molecule has 2 rings (SSSR count). The number of carbonyl (C=O) groups excluding carboxylic acids is 1. The Balaban J connectivity index is 2.20. The minimum atomic E-state index is -0.131. The summed E-state index contributed by atoms with van der Waals surface area (Å²) < 4.78 is 5.10. The highest BCUT2D eigenvalue weighted by atomic mass is 16.5. The molecule has 0 aliphatic carbocycles. The lowest BCUT2D eigenvalue weighted by molar-refractivity contribution is 0.0966. The van der Waals surface area contributed by atoms with Crippen molar-refractivity contribution in [1.29, 1.82) is 0 Å². The lowest BCUT2D eigenvalue weighted by Crippen LogP contribution is -2.11. The molecule has 0 spiro atoms. The van der Waals surface area contributed by atoms with Crippen molar-refractivity contribution in [3.63, 3.8) is 0 Å². The molecule has 0 heterocycles. The van der Waals surface area contributed by atoms with Crippen LogP contribution in [0, 0.1) is 0 Å². The molecule has 0 aromatic heterocycles. The third-order valence-corrected chi connectivity index (χ3v) is 3.35. The van der Waals surface area contributed by atoms with Crippen LogP contribution in [0.2, 0.25) is 0 Å². The van der Waals surface area contributed by atoms with Crippen molar-refractivity contribution >= 4 is 19.1 Å². The van der Waals surface area contributed by atoms with Crippen LogP contribution in [0.5, 0.6) is 5.75 Å². The van der Waals surface area contributed by atoms with Gasteiger partial charge in [-0.15, -0.1) is 0 Å². The predicted octanol–water partition coefficient (Wildman–Crippen LogP) is 1.94. The number of ether oxygens (including phenoxy) is 1. The van der Waals surface area contributed by atoms with E-state index in [2.05, 4.69) is 0 Å². The average Bonchev–Trinajstić information content (AvgIpc) is 2.46. The van der Waals surface area contributed by atoms with E-state index in [1.165, 1.54) is 5.46 Å². The largest absolute Gasteiger partial charge is 0.497 e. The molecule has 0 saturated carbocycles. The van der Waals surface area contributed by atoms with Gasteiger partial charge in [0.15, 0.2) is 5.78 Å². The van der Waals surface area contributed by atoms with E-state index in [0.717, 1.165) is 11.3 Å². The fraction of sp³-hybridized carbons (Fsp3) is 0.188. The van der Waals surface area contributed by atoms with Crippen LogP contribution in [-0.4, -0.2) is 20.7 Å². The average molecular weight is 252 g/mol. The fourth-order valence-electron chi connectivity index (χ4n) is 2.01. The number of benzene rings is 2. The van der Waals surface area contributed by atoms with Crippen molar-refractivity contribution in [2.75, 3.05) is 7.11 Å². The monoisotopic (exact) mass is 252 g/mol. The topological polar surface area (TPSA) is 26.3 Å². The molecule has 2 aromatic rings. The van der Waals surface area contributed by atoms with Crippen molar-refractivity contribution in [2.45, 2.75) is 12.8 Å². The van der Waals surface area contributed by atoms with Gasteiger partial charge >= 0.3 is 0 Å². The zero-order chi connectivity index (χ0) is 13.8. The molecule has 0 aliphatic heterocycles. The van der Waals surface area contributed by atoms with E-state index in [-0.39, 0.29) is 11.7 Å². The molecular weight excluding hydrogens is 235 g/mol. The van der Waals surface area contributed by atoms with Crippen LogP contribution in [0.3, 0.4) is 0 Å². The third-order valence-electron chi connectivity index (χ3n) is 3.35. The molecule has 1 atom stereocenters. The molecule has 96 valence electrons. The summed E-state index contributed by atoms with van der Waals surface area (Å²) in [7, 11) is 3.66. The van der Waals surface area contributed by atoms with Gasteiger partial charge in [-0.3, -0.25) is 4.79 Å². The van der Waals surface area contributed by atoms with E-state index < -0.39 is 0 Å². The SMILES string of the molecule is Bc1ccc(C(C)C(=O)c2ccc(OC)cc2)cc1. The molecule has 2 nitrogen and oxygen atoms in total. The third kappa shape index (κ3) is 3.05. The first kappa shape index (κ1) is 13.4. The van der Waals surface area contributed by atoms with Gasteiger partial charge in [-0.1, -0.05) is 36.7 Å². The van der Waals surface area contributed by atoms with Gasteiger partial charge in [0.05, 0.1) is 7.11 Å². The van der Waals surface area contributed by atoms with E-state index in [0.29, 0.717) is 5.56 Å². The van der Waals surface area contributed by atoms with E-state index >= 15 is 0 Å². The van der Waals surface area contributed by atoms with E-state index in [9.17, 15) is 4.79 Å². The highest BCUT2D eigenvalue weighted by Gasteiger charge is 2.16. The van der Waals surface area contributed by atoms with Crippen LogP contribution in [-0.2, 0) is 0 Å². The van der Waals surface area contributed by atoms with E-state index in [4.69, 9.17) is 4.74 Å². The van der Waals surface area contributed by atoms with Crippen molar-refractivity contribution in [3.8, 4) is 5.75 Å². The van der Waals surface area contributed by atoms with Gasteiger partial charge in [-0.25, -0.2) is 0 Å². The van der Waals surface area contributed by atoms with Gasteiger partial charge in [0, 0.05) is 11.5 Å². The second-order valence-corrected chi connectivity index (χ2v) is 4.73. The summed E-state index contributed by atoms with van der Waals surface area (Å²) in [4.78, 5) is 12.4. The maximum atomic E-state index is 12.4. The molecule has 2 aromatic carbocycles. The Bertz CT molecular complexity index is 558. The van der Waals surface area contributed by atoms with Crippen molar-refractivity contribution < 1.29 is 9.53 Å². The van der Waals surface area contributed by atoms with Crippen LogP contribution >= 0.6 is 0 Å². The Kier molecular flexibility index (Phi) is 4.05. The maximum absolute atomic E-state index is 12.4. The van der Waals surface area contributed by atoms with E-state index in [1.807, 2.05) is 63.3 Å². The highest BCUT2D eigenvalue weighted by molar-refractivity contribution is 6.32. The normalized spacial score (nSPS) is 11.9. The second-order valence-electron chi connectivity index (χ2n) is 4.73. The van der Waals surface area contributed by atoms with Crippen LogP contribution in [0.15, 0.2) is 48.5 Å². The summed E-state index contributed by atoms with van der Waals surface area (Å²) >= 11 is 0. The lowest BCUT2D eigenvalue weighted by Gasteiger charge is -2.11. The Hall–Kier alpha value is -2.03. The smallest absolute Gasteiger partial charge is 0.170 e. The van der Waals surface area contributed by atoms with Gasteiger partial charge in [0.25, 0.3) is 0 Å². The first-order valence-electron chi connectivity index (χ1n) is 6.36. The molecule has 0 saturated heterocycles. The molecule has 0 N–H and O–H groups in total. The minimum absolute atomic E-state index is 0.131. The second kappa shape index (κ2) is 5.74. The van der Waals surface area contributed by atoms with Gasteiger partial charge < -0.3 is 4.74 Å². The standard InChI is InChI=1S/C16H17BO2/c1-11(12-3-7-14(17)8-4-12)16(18)13-5-9-15(19-2)10-6-13/h3-11H,17H2,1-2H3. The molecule has 0 aliphatic rings. The van der Waals surface area contributed by atoms with Crippen LogP contribution in [0.1, 0.15) is 28.8 Å². The Morgan fingerprint density at radius 2 is 1.63 bits per heavy atom. The van der Waals surface area contributed by atoms with Gasteiger partial charge in [0.1, 0.15) is 13.6 Å². The quantitative estimate of drug-likeness (QED) is 0.614. The zero-order valence-corrected chi connectivity index (χ0v) is 11.5. The zero-order valence-electron chi connectivity index (χ0n) is 11.5. The highest BCUT2D eigenvalue weighted by Crippen LogP contribution is 2.21. The van der Waals surface area contributed by atoms with Gasteiger partial charge in [-0.2, -0.15) is 0 Å². The fourth-order valence-corrected chi connectivity index (χ4v) is 2.01. The summed E-state index contributed by atoms with van der Waals surface area (Å²) in [5.74, 6) is 0.764. The van der Waals surface area contributed by atoms with Crippen LogP contribution < -0.4 is 10.2 Å². The summed E-state index contributed by atoms with van der Waals surface area (Å²) in [5, 5.41) is 0. The number of hydrogen-bond acceptors (Lipinski definition) is 2. The van der Waals surface area contributed by atoms with Crippen LogP contribution in [0.4, 0.5) is 0 Å². The molecule has 0 radical (unpaired) electrons. The first-order valence-corrected chi connectivity index (χ1v) is 6.36. The molecule has 1 unspecified atom stereocenters. The van der Waals surface area contributed by atoms with Crippen molar-refractivity contribution in [1.82, 2.24) is 0 Å². The summed E-state index contributed by atoms with van der Waals surface area (Å²) in [5.41, 5.74) is 2.97. The first-order chi connectivity index (χ1) is 9.11. The molecule has 3 heteroatoms.